The minimum atomic E-state index is 0.0473. The molecule has 21 heavy (non-hydrogen) atoms. The third kappa shape index (κ3) is 3.82. The molecule has 0 heterocycles. The lowest BCUT2D eigenvalue weighted by atomic mass is 10.0. The van der Waals surface area contributed by atoms with Crippen LogP contribution in [0.3, 0.4) is 0 Å². The van der Waals surface area contributed by atoms with Gasteiger partial charge in [-0.05, 0) is 49.1 Å². The van der Waals surface area contributed by atoms with E-state index >= 15 is 0 Å². The molecule has 2 heteroatoms. The summed E-state index contributed by atoms with van der Waals surface area (Å²) in [5.74, 6) is 0.932. The van der Waals surface area contributed by atoms with Crippen LogP contribution in [0.2, 0.25) is 0 Å². The van der Waals surface area contributed by atoms with Crippen molar-refractivity contribution in [3.8, 4) is 5.75 Å². The Kier molecular flexibility index (Phi) is 4.94. The van der Waals surface area contributed by atoms with Crippen LogP contribution in [0.4, 0.5) is 0 Å². The van der Waals surface area contributed by atoms with Gasteiger partial charge in [0.2, 0.25) is 0 Å². The van der Waals surface area contributed by atoms with Crippen molar-refractivity contribution in [2.75, 3.05) is 7.11 Å². The molecular weight excluding hydrogens is 260 g/mol. The number of allylic oxidation sites excluding steroid dienone is 7. The van der Waals surface area contributed by atoms with Crippen LogP contribution in [0.5, 0.6) is 5.75 Å². The summed E-state index contributed by atoms with van der Waals surface area (Å²) >= 11 is 0. The molecule has 1 aliphatic carbocycles. The summed E-state index contributed by atoms with van der Waals surface area (Å²) in [6.45, 7) is 4.11. The van der Waals surface area contributed by atoms with Crippen molar-refractivity contribution in [2.45, 2.75) is 20.3 Å². The van der Waals surface area contributed by atoms with Gasteiger partial charge in [-0.25, -0.2) is 0 Å². The second-order valence-electron chi connectivity index (χ2n) is 5.05. The fourth-order valence-electron chi connectivity index (χ4n) is 2.21. The molecule has 0 radical (unpaired) electrons. The number of hydrogen-bond donors (Lipinski definition) is 0. The molecule has 0 saturated carbocycles. The number of ketones is 1. The van der Waals surface area contributed by atoms with Crippen LogP contribution in [0.25, 0.3) is 6.08 Å². The number of methoxy groups -OCH3 is 1. The Bertz CT molecular complexity index is 658. The first-order valence-corrected chi connectivity index (χ1v) is 7.03. The third-order valence-electron chi connectivity index (χ3n) is 3.57. The van der Waals surface area contributed by atoms with Gasteiger partial charge in [-0.1, -0.05) is 42.5 Å². The minimum Gasteiger partial charge on any atom is -0.496 e. The van der Waals surface area contributed by atoms with Crippen LogP contribution in [0, 0.1) is 13.8 Å². The fourth-order valence-corrected chi connectivity index (χ4v) is 2.21. The van der Waals surface area contributed by atoms with E-state index in [2.05, 4.69) is 13.0 Å². The smallest absolute Gasteiger partial charge is 0.185 e. The SMILES string of the molecule is COc1cc(/C=C/C=C/C(=O)C2=CCC=C2)cc(C)c1C. The van der Waals surface area contributed by atoms with Crippen LogP contribution >= 0.6 is 0 Å². The van der Waals surface area contributed by atoms with Gasteiger partial charge in [0.25, 0.3) is 0 Å². The first kappa shape index (κ1) is 15.0. The highest BCUT2D eigenvalue weighted by Crippen LogP contribution is 2.23. The van der Waals surface area contributed by atoms with Crippen molar-refractivity contribution >= 4 is 11.9 Å². The predicted octanol–water partition coefficient (Wildman–Crippen LogP) is 4.34. The number of ether oxygens (including phenoxy) is 1. The van der Waals surface area contributed by atoms with Crippen molar-refractivity contribution in [1.29, 1.82) is 0 Å². The van der Waals surface area contributed by atoms with Crippen molar-refractivity contribution in [3.63, 3.8) is 0 Å². The van der Waals surface area contributed by atoms with Gasteiger partial charge in [0, 0.05) is 5.57 Å². The first-order valence-electron chi connectivity index (χ1n) is 7.03. The third-order valence-corrected chi connectivity index (χ3v) is 3.57. The van der Waals surface area contributed by atoms with Gasteiger partial charge in [0.05, 0.1) is 7.11 Å². The molecule has 0 unspecified atom stereocenters. The summed E-state index contributed by atoms with van der Waals surface area (Å²) in [5, 5.41) is 0. The van der Waals surface area contributed by atoms with Crippen LogP contribution in [0.15, 0.2) is 54.2 Å². The topological polar surface area (TPSA) is 26.3 Å². The second kappa shape index (κ2) is 6.89. The zero-order valence-corrected chi connectivity index (χ0v) is 12.7. The van der Waals surface area contributed by atoms with E-state index < -0.39 is 0 Å². The van der Waals surface area contributed by atoms with E-state index in [1.54, 1.807) is 19.3 Å². The Hall–Kier alpha value is -2.35. The van der Waals surface area contributed by atoms with Gasteiger partial charge in [-0.2, -0.15) is 0 Å². The second-order valence-corrected chi connectivity index (χ2v) is 5.05. The van der Waals surface area contributed by atoms with E-state index in [1.807, 2.05) is 43.4 Å². The summed E-state index contributed by atoms with van der Waals surface area (Å²) < 4.78 is 5.36. The Morgan fingerprint density at radius 1 is 1.24 bits per heavy atom. The molecule has 0 atom stereocenters. The maximum atomic E-state index is 11.8. The quantitative estimate of drug-likeness (QED) is 0.592. The number of aryl methyl sites for hydroxylation is 1. The molecule has 108 valence electrons. The summed E-state index contributed by atoms with van der Waals surface area (Å²) in [5.41, 5.74) is 4.18. The molecular formula is C19H20O2. The molecule has 1 aliphatic rings. The molecule has 0 aromatic heterocycles. The molecule has 0 spiro atoms. The van der Waals surface area contributed by atoms with Crippen LogP contribution in [0.1, 0.15) is 23.1 Å². The van der Waals surface area contributed by atoms with E-state index in [-0.39, 0.29) is 5.78 Å². The first-order chi connectivity index (χ1) is 10.1. The lowest BCUT2D eigenvalue weighted by molar-refractivity contribution is -0.111. The number of hydrogen-bond acceptors (Lipinski definition) is 2. The lowest BCUT2D eigenvalue weighted by Gasteiger charge is -2.08. The van der Waals surface area contributed by atoms with Crippen LogP contribution in [-0.2, 0) is 4.79 Å². The number of carbonyl (C=O) groups is 1. The predicted molar refractivity (Wildman–Crippen MR) is 87.5 cm³/mol. The Balaban J connectivity index is 2.06. The number of benzene rings is 1. The summed E-state index contributed by atoms with van der Waals surface area (Å²) in [6, 6.07) is 4.10. The summed E-state index contributed by atoms with van der Waals surface area (Å²) in [6.07, 6.45) is 13.9. The fraction of sp³-hybridized carbons (Fsp3) is 0.211. The average Bonchev–Trinajstić information content (AvgIpc) is 3.01. The lowest BCUT2D eigenvalue weighted by Crippen LogP contribution is -1.92. The Morgan fingerprint density at radius 3 is 2.71 bits per heavy atom. The maximum Gasteiger partial charge on any atom is 0.185 e. The zero-order chi connectivity index (χ0) is 15.2. The van der Waals surface area contributed by atoms with Gasteiger partial charge < -0.3 is 4.74 Å². The molecule has 0 saturated heterocycles. The zero-order valence-electron chi connectivity index (χ0n) is 12.7. The van der Waals surface area contributed by atoms with Crippen LogP contribution < -0.4 is 4.74 Å². The summed E-state index contributed by atoms with van der Waals surface area (Å²) in [4.78, 5) is 11.8. The maximum absolute atomic E-state index is 11.8. The van der Waals surface area contributed by atoms with E-state index in [4.69, 9.17) is 4.74 Å². The van der Waals surface area contributed by atoms with Crippen molar-refractivity contribution < 1.29 is 9.53 Å². The molecule has 2 nitrogen and oxygen atoms in total. The van der Waals surface area contributed by atoms with Crippen LogP contribution in [-0.4, -0.2) is 12.9 Å². The van der Waals surface area contributed by atoms with Crippen molar-refractivity contribution in [2.24, 2.45) is 0 Å². The molecule has 0 bridgehead atoms. The Labute approximate surface area is 126 Å². The van der Waals surface area contributed by atoms with Gasteiger partial charge in [-0.3, -0.25) is 4.79 Å². The van der Waals surface area contributed by atoms with Gasteiger partial charge >= 0.3 is 0 Å². The van der Waals surface area contributed by atoms with Crippen molar-refractivity contribution in [3.05, 3.63) is 70.9 Å². The summed E-state index contributed by atoms with van der Waals surface area (Å²) in [7, 11) is 1.68. The normalized spacial score (nSPS) is 14.1. The van der Waals surface area contributed by atoms with E-state index in [1.165, 1.54) is 5.56 Å². The highest BCUT2D eigenvalue weighted by atomic mass is 16.5. The standard InChI is InChI=1S/C19H20O2/c1-14-12-16(13-19(21-3)15(14)2)8-4-7-11-18(20)17-9-5-6-10-17/h4-5,7-13H,6H2,1-3H3/b8-4+,11-7+. The molecule has 0 N–H and O–H groups in total. The van der Waals surface area contributed by atoms with Crippen molar-refractivity contribution in [1.82, 2.24) is 0 Å². The molecule has 0 amide bonds. The van der Waals surface area contributed by atoms with Gasteiger partial charge in [0.15, 0.2) is 5.78 Å². The molecule has 0 fully saturated rings. The van der Waals surface area contributed by atoms with Gasteiger partial charge in [-0.15, -0.1) is 0 Å². The van der Waals surface area contributed by atoms with Gasteiger partial charge in [0.1, 0.15) is 5.75 Å². The highest BCUT2D eigenvalue weighted by molar-refractivity contribution is 6.06. The van der Waals surface area contributed by atoms with E-state index in [0.717, 1.165) is 28.9 Å². The number of carbonyl (C=O) groups excluding carboxylic acids is 1. The number of rotatable bonds is 5. The molecule has 2 rings (SSSR count). The van der Waals surface area contributed by atoms with E-state index in [9.17, 15) is 4.79 Å². The molecule has 0 aliphatic heterocycles. The Morgan fingerprint density at radius 2 is 2.05 bits per heavy atom. The average molecular weight is 280 g/mol. The molecule has 1 aromatic rings. The molecule has 1 aromatic carbocycles. The minimum absolute atomic E-state index is 0.0473. The highest BCUT2D eigenvalue weighted by Gasteiger charge is 2.04. The monoisotopic (exact) mass is 280 g/mol. The van der Waals surface area contributed by atoms with E-state index in [0.29, 0.717) is 0 Å². The largest absolute Gasteiger partial charge is 0.496 e.